The Morgan fingerprint density at radius 1 is 1.00 bits per heavy atom. The van der Waals surface area contributed by atoms with E-state index in [0.717, 1.165) is 18.5 Å². The minimum absolute atomic E-state index is 0.741. The molecule has 0 unspecified atom stereocenters. The van der Waals surface area contributed by atoms with E-state index >= 15 is 0 Å². The van der Waals surface area contributed by atoms with Gasteiger partial charge in [0.25, 0.3) is 0 Å². The molecule has 0 saturated heterocycles. The number of rotatable bonds is 7. The lowest BCUT2D eigenvalue weighted by Gasteiger charge is -2.30. The summed E-state index contributed by atoms with van der Waals surface area (Å²) < 4.78 is 0. The van der Waals surface area contributed by atoms with Crippen LogP contribution in [0.1, 0.15) is 51.0 Å². The van der Waals surface area contributed by atoms with Crippen LogP contribution in [0.4, 0.5) is 0 Å². The maximum absolute atomic E-state index is 3.75. The third-order valence-electron chi connectivity index (χ3n) is 4.75. The zero-order chi connectivity index (χ0) is 14.2. The van der Waals surface area contributed by atoms with Crippen molar-refractivity contribution in [2.45, 2.75) is 51.5 Å². The molecule has 112 valence electrons. The van der Waals surface area contributed by atoms with Crippen LogP contribution in [0.5, 0.6) is 0 Å². The second-order valence-electron chi connectivity index (χ2n) is 5.94. The predicted octanol–water partition coefficient (Wildman–Crippen LogP) is 3.64. The Labute approximate surface area is 124 Å². The van der Waals surface area contributed by atoms with E-state index in [4.69, 9.17) is 0 Å². The summed E-state index contributed by atoms with van der Waals surface area (Å²) in [6, 6.07) is 11.8. The molecule has 0 amide bonds. The van der Waals surface area contributed by atoms with Crippen LogP contribution in [0, 0.1) is 0 Å². The summed E-state index contributed by atoms with van der Waals surface area (Å²) in [5.74, 6) is 0.789. The van der Waals surface area contributed by atoms with Gasteiger partial charge in [0.2, 0.25) is 0 Å². The maximum atomic E-state index is 3.75. The Bertz CT molecular complexity index is 351. The standard InChI is InChI=1S/C18H30N2/c1-3-20(4-2)15-14-19-18-12-10-17(11-13-18)16-8-6-5-7-9-16/h5-9,17-19H,3-4,10-15H2,1-2H3. The van der Waals surface area contributed by atoms with Gasteiger partial charge in [0.15, 0.2) is 0 Å². The quantitative estimate of drug-likeness (QED) is 0.816. The van der Waals surface area contributed by atoms with Crippen LogP contribution in [0.3, 0.4) is 0 Å². The highest BCUT2D eigenvalue weighted by molar-refractivity contribution is 5.20. The van der Waals surface area contributed by atoms with Crippen molar-refractivity contribution in [2.75, 3.05) is 26.2 Å². The zero-order valence-electron chi connectivity index (χ0n) is 13.1. The van der Waals surface area contributed by atoms with Crippen LogP contribution in [0.2, 0.25) is 0 Å². The van der Waals surface area contributed by atoms with Gasteiger partial charge >= 0.3 is 0 Å². The van der Waals surface area contributed by atoms with Gasteiger partial charge in [-0.2, -0.15) is 0 Å². The monoisotopic (exact) mass is 274 g/mol. The highest BCUT2D eigenvalue weighted by atomic mass is 15.1. The second-order valence-corrected chi connectivity index (χ2v) is 5.94. The Hall–Kier alpha value is -0.860. The van der Waals surface area contributed by atoms with Crippen LogP contribution in [-0.4, -0.2) is 37.1 Å². The molecule has 1 aromatic carbocycles. The molecule has 2 rings (SSSR count). The van der Waals surface area contributed by atoms with Crippen molar-refractivity contribution < 1.29 is 0 Å². The molecule has 0 aliphatic heterocycles. The molecule has 0 spiro atoms. The van der Waals surface area contributed by atoms with Gasteiger partial charge in [-0.25, -0.2) is 0 Å². The van der Waals surface area contributed by atoms with E-state index in [1.807, 2.05) is 0 Å². The summed E-state index contributed by atoms with van der Waals surface area (Å²) in [4.78, 5) is 2.49. The Kier molecular flexibility index (Phi) is 6.55. The number of nitrogens with zero attached hydrogens (tertiary/aromatic N) is 1. The predicted molar refractivity (Wildman–Crippen MR) is 87.2 cm³/mol. The molecule has 2 nitrogen and oxygen atoms in total. The molecule has 1 aromatic rings. The molecule has 20 heavy (non-hydrogen) atoms. The molecule has 2 heteroatoms. The Morgan fingerprint density at radius 2 is 1.65 bits per heavy atom. The summed E-state index contributed by atoms with van der Waals surface area (Å²) in [6.45, 7) is 9.15. The number of hydrogen-bond donors (Lipinski definition) is 1. The minimum atomic E-state index is 0.741. The number of nitrogens with one attached hydrogen (secondary N) is 1. The molecular weight excluding hydrogens is 244 g/mol. The number of likely N-dealkylation sites (N-methyl/N-ethyl adjacent to an activating group) is 1. The van der Waals surface area contributed by atoms with Gasteiger partial charge in [-0.1, -0.05) is 44.2 Å². The third-order valence-corrected chi connectivity index (χ3v) is 4.75. The normalized spacial score (nSPS) is 23.1. The largest absolute Gasteiger partial charge is 0.313 e. The summed E-state index contributed by atoms with van der Waals surface area (Å²) in [5, 5.41) is 3.75. The summed E-state index contributed by atoms with van der Waals surface area (Å²) in [7, 11) is 0. The summed E-state index contributed by atoms with van der Waals surface area (Å²) in [6.07, 6.45) is 5.34. The van der Waals surface area contributed by atoms with E-state index in [1.165, 1.54) is 50.9 Å². The van der Waals surface area contributed by atoms with E-state index in [9.17, 15) is 0 Å². The molecule has 1 fully saturated rings. The summed E-state index contributed by atoms with van der Waals surface area (Å²) >= 11 is 0. The average molecular weight is 274 g/mol. The molecule has 1 saturated carbocycles. The van der Waals surface area contributed by atoms with E-state index in [1.54, 1.807) is 0 Å². The van der Waals surface area contributed by atoms with Gasteiger partial charge in [0.1, 0.15) is 0 Å². The van der Waals surface area contributed by atoms with Crippen molar-refractivity contribution in [2.24, 2.45) is 0 Å². The van der Waals surface area contributed by atoms with E-state index in [0.29, 0.717) is 0 Å². The van der Waals surface area contributed by atoms with Crippen LogP contribution in [0.15, 0.2) is 30.3 Å². The second kappa shape index (κ2) is 8.43. The van der Waals surface area contributed by atoms with Crippen molar-refractivity contribution in [3.05, 3.63) is 35.9 Å². The molecular formula is C18H30N2. The maximum Gasteiger partial charge on any atom is 0.0107 e. The fraction of sp³-hybridized carbons (Fsp3) is 0.667. The SMILES string of the molecule is CCN(CC)CCNC1CCC(c2ccccc2)CC1. The van der Waals surface area contributed by atoms with Gasteiger partial charge in [-0.05, 0) is 50.3 Å². The topological polar surface area (TPSA) is 15.3 Å². The summed E-state index contributed by atoms with van der Waals surface area (Å²) in [5.41, 5.74) is 1.54. The van der Waals surface area contributed by atoms with Gasteiger partial charge in [0, 0.05) is 19.1 Å². The molecule has 1 aliphatic carbocycles. The van der Waals surface area contributed by atoms with Crippen LogP contribution < -0.4 is 5.32 Å². The molecule has 0 radical (unpaired) electrons. The van der Waals surface area contributed by atoms with Crippen LogP contribution in [-0.2, 0) is 0 Å². The fourth-order valence-corrected chi connectivity index (χ4v) is 3.32. The van der Waals surface area contributed by atoms with Gasteiger partial charge in [-0.15, -0.1) is 0 Å². The minimum Gasteiger partial charge on any atom is -0.313 e. The Morgan fingerprint density at radius 3 is 2.25 bits per heavy atom. The first kappa shape index (κ1) is 15.5. The first-order valence-electron chi connectivity index (χ1n) is 8.34. The van der Waals surface area contributed by atoms with Crippen molar-refractivity contribution in [3.63, 3.8) is 0 Å². The fourth-order valence-electron chi connectivity index (χ4n) is 3.32. The van der Waals surface area contributed by atoms with Gasteiger partial charge < -0.3 is 10.2 Å². The molecule has 1 N–H and O–H groups in total. The number of benzene rings is 1. The van der Waals surface area contributed by atoms with Gasteiger partial charge in [0.05, 0.1) is 0 Å². The highest BCUT2D eigenvalue weighted by Crippen LogP contribution is 2.32. The molecule has 0 aromatic heterocycles. The lowest BCUT2D eigenvalue weighted by Crippen LogP contribution is -2.38. The molecule has 0 atom stereocenters. The molecule has 0 heterocycles. The van der Waals surface area contributed by atoms with Crippen molar-refractivity contribution in [1.82, 2.24) is 10.2 Å². The average Bonchev–Trinajstić information content (AvgIpc) is 2.53. The smallest absolute Gasteiger partial charge is 0.0107 e. The Balaban J connectivity index is 1.67. The van der Waals surface area contributed by atoms with E-state index in [-0.39, 0.29) is 0 Å². The zero-order valence-corrected chi connectivity index (χ0v) is 13.1. The first-order valence-corrected chi connectivity index (χ1v) is 8.34. The van der Waals surface area contributed by atoms with E-state index < -0.39 is 0 Å². The highest BCUT2D eigenvalue weighted by Gasteiger charge is 2.21. The lowest BCUT2D eigenvalue weighted by atomic mass is 9.82. The lowest BCUT2D eigenvalue weighted by molar-refractivity contribution is 0.279. The van der Waals surface area contributed by atoms with E-state index in [2.05, 4.69) is 54.4 Å². The van der Waals surface area contributed by atoms with Crippen molar-refractivity contribution >= 4 is 0 Å². The van der Waals surface area contributed by atoms with Gasteiger partial charge in [-0.3, -0.25) is 0 Å². The molecule has 0 bridgehead atoms. The van der Waals surface area contributed by atoms with Crippen molar-refractivity contribution in [1.29, 1.82) is 0 Å². The van der Waals surface area contributed by atoms with Crippen LogP contribution >= 0.6 is 0 Å². The third kappa shape index (κ3) is 4.60. The van der Waals surface area contributed by atoms with Crippen LogP contribution in [0.25, 0.3) is 0 Å². The molecule has 1 aliphatic rings. The number of hydrogen-bond acceptors (Lipinski definition) is 2. The first-order chi connectivity index (χ1) is 9.83. The van der Waals surface area contributed by atoms with Crippen molar-refractivity contribution in [3.8, 4) is 0 Å².